The lowest BCUT2D eigenvalue weighted by atomic mass is 10.1. The fourth-order valence-corrected chi connectivity index (χ4v) is 3.12. The van der Waals surface area contributed by atoms with Crippen LogP contribution in [0.1, 0.15) is 40.0 Å². The van der Waals surface area contributed by atoms with Gasteiger partial charge >= 0.3 is 0 Å². The molecule has 0 radical (unpaired) electrons. The van der Waals surface area contributed by atoms with E-state index in [2.05, 4.69) is 15.9 Å². The van der Waals surface area contributed by atoms with E-state index < -0.39 is 6.10 Å². The first-order chi connectivity index (χ1) is 8.59. The van der Waals surface area contributed by atoms with Gasteiger partial charge in [-0.05, 0) is 37.5 Å². The molecule has 1 saturated carbocycles. The second-order valence-corrected chi connectivity index (χ2v) is 5.65. The van der Waals surface area contributed by atoms with Crippen molar-refractivity contribution in [1.29, 1.82) is 0 Å². The van der Waals surface area contributed by atoms with E-state index in [0.717, 1.165) is 10.9 Å². The maximum absolute atomic E-state index is 12.3. The topological polar surface area (TPSA) is 57.6 Å². The van der Waals surface area contributed by atoms with E-state index in [1.165, 1.54) is 4.90 Å². The number of halogens is 1. The molecular formula is C13H12BrNO3. The van der Waals surface area contributed by atoms with E-state index in [1.54, 1.807) is 18.2 Å². The van der Waals surface area contributed by atoms with E-state index in [1.807, 2.05) is 0 Å². The predicted molar refractivity (Wildman–Crippen MR) is 68.3 cm³/mol. The van der Waals surface area contributed by atoms with Gasteiger partial charge in [-0.15, -0.1) is 0 Å². The number of aliphatic hydroxyl groups excluding tert-OH is 1. The molecule has 1 heterocycles. The number of fused-ring (bicyclic) bond motifs is 1. The molecule has 3 rings (SSSR count). The quantitative estimate of drug-likeness (QED) is 0.807. The molecule has 1 fully saturated rings. The van der Waals surface area contributed by atoms with Crippen LogP contribution in [0.5, 0.6) is 0 Å². The Hall–Kier alpha value is -1.20. The van der Waals surface area contributed by atoms with Gasteiger partial charge in [0.25, 0.3) is 11.8 Å². The van der Waals surface area contributed by atoms with Crippen LogP contribution in [0.25, 0.3) is 0 Å². The molecule has 0 unspecified atom stereocenters. The fraction of sp³-hybridized carbons (Fsp3) is 0.385. The van der Waals surface area contributed by atoms with Crippen LogP contribution in [0.2, 0.25) is 0 Å². The molecule has 2 atom stereocenters. The number of amides is 2. The Labute approximate surface area is 113 Å². The van der Waals surface area contributed by atoms with Gasteiger partial charge in [0.05, 0.1) is 23.3 Å². The van der Waals surface area contributed by atoms with Gasteiger partial charge in [-0.2, -0.15) is 0 Å². The van der Waals surface area contributed by atoms with Crippen LogP contribution in [-0.2, 0) is 0 Å². The van der Waals surface area contributed by atoms with Crippen molar-refractivity contribution in [2.75, 3.05) is 0 Å². The van der Waals surface area contributed by atoms with E-state index in [4.69, 9.17) is 0 Å². The molecule has 1 aromatic rings. The molecule has 94 valence electrons. The van der Waals surface area contributed by atoms with Crippen LogP contribution in [0.15, 0.2) is 22.7 Å². The number of aliphatic hydroxyl groups is 1. The lowest BCUT2D eigenvalue weighted by molar-refractivity contribution is 0.0416. The summed E-state index contributed by atoms with van der Waals surface area (Å²) in [5.74, 6) is -0.573. The standard InChI is InChI=1S/C13H12BrNO3/c14-7-4-5-8-9(6-7)13(18)15(12(8)17)10-2-1-3-11(10)16/h4-6,10-11,16H,1-3H2/t10-,11-/m0/s1. The minimum absolute atomic E-state index is 0.284. The van der Waals surface area contributed by atoms with Crippen LogP contribution in [0, 0.1) is 0 Å². The number of carbonyl (C=O) groups excluding carboxylic acids is 2. The Bertz CT molecular complexity index is 543. The lowest BCUT2D eigenvalue weighted by Crippen LogP contribution is -2.44. The van der Waals surface area contributed by atoms with Crippen LogP contribution < -0.4 is 0 Å². The maximum Gasteiger partial charge on any atom is 0.261 e. The van der Waals surface area contributed by atoms with E-state index >= 15 is 0 Å². The molecule has 4 nitrogen and oxygen atoms in total. The molecule has 0 aromatic heterocycles. The van der Waals surface area contributed by atoms with Crippen molar-refractivity contribution < 1.29 is 14.7 Å². The van der Waals surface area contributed by atoms with Crippen molar-refractivity contribution in [3.05, 3.63) is 33.8 Å². The van der Waals surface area contributed by atoms with E-state index in [9.17, 15) is 14.7 Å². The molecule has 5 heteroatoms. The molecule has 2 aliphatic rings. The van der Waals surface area contributed by atoms with Crippen molar-refractivity contribution in [1.82, 2.24) is 4.90 Å². The number of hydrogen-bond donors (Lipinski definition) is 1. The highest BCUT2D eigenvalue weighted by atomic mass is 79.9. The summed E-state index contributed by atoms with van der Waals surface area (Å²) in [6.45, 7) is 0. The number of carbonyl (C=O) groups is 2. The predicted octanol–water partition coefficient (Wildman–Crippen LogP) is 1.96. The minimum atomic E-state index is -0.587. The minimum Gasteiger partial charge on any atom is -0.391 e. The third-order valence-electron chi connectivity index (χ3n) is 3.66. The SMILES string of the molecule is O=C1c2ccc(Br)cc2C(=O)N1[C@H]1CCC[C@@H]1O. The molecule has 1 aliphatic carbocycles. The molecule has 0 spiro atoms. The summed E-state index contributed by atoms with van der Waals surface area (Å²) in [6.07, 6.45) is 1.61. The van der Waals surface area contributed by atoms with Crippen molar-refractivity contribution in [3.63, 3.8) is 0 Å². The average molecular weight is 310 g/mol. The zero-order valence-corrected chi connectivity index (χ0v) is 11.2. The highest BCUT2D eigenvalue weighted by Crippen LogP contribution is 2.33. The smallest absolute Gasteiger partial charge is 0.261 e. The Balaban J connectivity index is 2.01. The van der Waals surface area contributed by atoms with E-state index in [0.29, 0.717) is 24.0 Å². The molecule has 0 saturated heterocycles. The lowest BCUT2D eigenvalue weighted by Gasteiger charge is -2.24. The normalized spacial score (nSPS) is 26.9. The zero-order chi connectivity index (χ0) is 12.9. The highest BCUT2D eigenvalue weighted by Gasteiger charge is 2.43. The summed E-state index contributed by atoms with van der Waals surface area (Å²) in [5, 5.41) is 9.86. The third-order valence-corrected chi connectivity index (χ3v) is 4.15. The zero-order valence-electron chi connectivity index (χ0n) is 9.60. The van der Waals surface area contributed by atoms with Gasteiger partial charge in [-0.3, -0.25) is 14.5 Å². The number of nitrogens with zero attached hydrogens (tertiary/aromatic N) is 1. The summed E-state index contributed by atoms with van der Waals surface area (Å²) in [7, 11) is 0. The number of hydrogen-bond acceptors (Lipinski definition) is 3. The molecular weight excluding hydrogens is 298 g/mol. The van der Waals surface area contributed by atoms with Crippen molar-refractivity contribution >= 4 is 27.7 Å². The largest absolute Gasteiger partial charge is 0.391 e. The Morgan fingerprint density at radius 3 is 2.56 bits per heavy atom. The number of benzene rings is 1. The average Bonchev–Trinajstić information content (AvgIpc) is 2.84. The summed E-state index contributed by atoms with van der Waals surface area (Å²) in [6, 6.07) is 4.70. The van der Waals surface area contributed by atoms with Crippen LogP contribution in [-0.4, -0.2) is 34.0 Å². The van der Waals surface area contributed by atoms with Gasteiger partial charge in [-0.1, -0.05) is 15.9 Å². The fourth-order valence-electron chi connectivity index (χ4n) is 2.75. The summed E-state index contributed by atoms with van der Waals surface area (Å²) in [5.41, 5.74) is 0.857. The molecule has 1 aromatic carbocycles. The second kappa shape index (κ2) is 4.17. The van der Waals surface area contributed by atoms with Crippen LogP contribution in [0.3, 0.4) is 0 Å². The van der Waals surface area contributed by atoms with Gasteiger partial charge in [-0.25, -0.2) is 0 Å². The molecule has 18 heavy (non-hydrogen) atoms. The maximum atomic E-state index is 12.3. The molecule has 1 N–H and O–H groups in total. The van der Waals surface area contributed by atoms with Crippen molar-refractivity contribution in [2.24, 2.45) is 0 Å². The summed E-state index contributed by atoms with van der Waals surface area (Å²) in [4.78, 5) is 25.7. The Kier molecular flexibility index (Phi) is 2.75. The molecule has 2 amide bonds. The third kappa shape index (κ3) is 1.61. The van der Waals surface area contributed by atoms with Crippen LogP contribution >= 0.6 is 15.9 Å². The number of imide groups is 1. The first-order valence-corrected chi connectivity index (χ1v) is 6.74. The molecule has 0 bridgehead atoms. The van der Waals surface area contributed by atoms with Gasteiger partial charge in [0.1, 0.15) is 0 Å². The van der Waals surface area contributed by atoms with Crippen LogP contribution in [0.4, 0.5) is 0 Å². The highest BCUT2D eigenvalue weighted by molar-refractivity contribution is 9.10. The summed E-state index contributed by atoms with van der Waals surface area (Å²) >= 11 is 3.30. The van der Waals surface area contributed by atoms with Gasteiger partial charge in [0.2, 0.25) is 0 Å². The first kappa shape index (κ1) is 11.9. The van der Waals surface area contributed by atoms with Gasteiger partial charge in [0.15, 0.2) is 0 Å². The first-order valence-electron chi connectivity index (χ1n) is 5.95. The summed E-state index contributed by atoms with van der Waals surface area (Å²) < 4.78 is 0.774. The Morgan fingerprint density at radius 1 is 1.17 bits per heavy atom. The molecule has 1 aliphatic heterocycles. The Morgan fingerprint density at radius 2 is 1.89 bits per heavy atom. The van der Waals surface area contributed by atoms with Gasteiger partial charge in [0, 0.05) is 4.47 Å². The second-order valence-electron chi connectivity index (χ2n) is 4.74. The van der Waals surface area contributed by atoms with Crippen molar-refractivity contribution in [2.45, 2.75) is 31.4 Å². The van der Waals surface area contributed by atoms with E-state index in [-0.39, 0.29) is 17.9 Å². The van der Waals surface area contributed by atoms with Crippen molar-refractivity contribution in [3.8, 4) is 0 Å². The van der Waals surface area contributed by atoms with Gasteiger partial charge < -0.3 is 5.11 Å². The number of rotatable bonds is 1. The monoisotopic (exact) mass is 309 g/mol.